The van der Waals surface area contributed by atoms with Gasteiger partial charge in [0, 0.05) is 13.1 Å². The van der Waals surface area contributed by atoms with E-state index in [-0.39, 0.29) is 0 Å². The molecule has 0 radical (unpaired) electrons. The SMILES string of the molecule is O=C(O)C1NCCNC1C(=O)O. The van der Waals surface area contributed by atoms with E-state index in [0.717, 1.165) is 0 Å². The zero-order valence-corrected chi connectivity index (χ0v) is 6.28. The first-order chi connectivity index (χ1) is 5.63. The molecule has 0 aliphatic carbocycles. The van der Waals surface area contributed by atoms with Crippen LogP contribution in [0.1, 0.15) is 0 Å². The minimum atomic E-state index is -1.14. The van der Waals surface area contributed by atoms with Gasteiger partial charge in [-0.2, -0.15) is 0 Å². The number of carbonyl (C=O) groups is 2. The number of nitrogens with one attached hydrogen (secondary N) is 2. The van der Waals surface area contributed by atoms with E-state index in [1.807, 2.05) is 0 Å². The largest absolute Gasteiger partial charge is 0.480 e. The maximum Gasteiger partial charge on any atom is 0.322 e. The highest BCUT2D eigenvalue weighted by Crippen LogP contribution is 1.98. The first kappa shape index (κ1) is 8.95. The third-order valence-electron chi connectivity index (χ3n) is 1.72. The molecule has 6 heteroatoms. The molecule has 1 rings (SSSR count). The van der Waals surface area contributed by atoms with Gasteiger partial charge < -0.3 is 20.8 Å². The van der Waals surface area contributed by atoms with Crippen LogP contribution in [0.3, 0.4) is 0 Å². The molecule has 0 aromatic heterocycles. The molecule has 12 heavy (non-hydrogen) atoms. The van der Waals surface area contributed by atoms with E-state index >= 15 is 0 Å². The van der Waals surface area contributed by atoms with Gasteiger partial charge in [0.2, 0.25) is 0 Å². The zero-order valence-electron chi connectivity index (χ0n) is 6.28. The van der Waals surface area contributed by atoms with Crippen LogP contribution in [0.4, 0.5) is 0 Å². The zero-order chi connectivity index (χ0) is 9.14. The summed E-state index contributed by atoms with van der Waals surface area (Å²) in [6.07, 6.45) is 0. The summed E-state index contributed by atoms with van der Waals surface area (Å²) in [7, 11) is 0. The summed E-state index contributed by atoms with van der Waals surface area (Å²) < 4.78 is 0. The number of rotatable bonds is 2. The summed E-state index contributed by atoms with van der Waals surface area (Å²) in [5.74, 6) is -2.29. The van der Waals surface area contributed by atoms with Crippen LogP contribution in [0.2, 0.25) is 0 Å². The fraction of sp³-hybridized carbons (Fsp3) is 0.667. The van der Waals surface area contributed by atoms with Crippen molar-refractivity contribution >= 4 is 11.9 Å². The van der Waals surface area contributed by atoms with E-state index < -0.39 is 24.0 Å². The summed E-state index contributed by atoms with van der Waals surface area (Å²) in [5, 5.41) is 22.4. The summed E-state index contributed by atoms with van der Waals surface area (Å²) in [6, 6.07) is -2.06. The second kappa shape index (κ2) is 3.51. The molecule has 4 N–H and O–H groups in total. The standard InChI is InChI=1S/C6H10N2O4/c9-5(10)3-4(6(11)12)8-2-1-7-3/h3-4,7-8H,1-2H2,(H,9,10)(H,11,12). The molecule has 0 bridgehead atoms. The van der Waals surface area contributed by atoms with Crippen LogP contribution in [0.5, 0.6) is 0 Å². The highest BCUT2D eigenvalue weighted by molar-refractivity contribution is 5.85. The monoisotopic (exact) mass is 174 g/mol. The Balaban J connectivity index is 2.67. The molecule has 1 saturated heterocycles. The van der Waals surface area contributed by atoms with Gasteiger partial charge in [0.15, 0.2) is 0 Å². The molecule has 1 aliphatic rings. The first-order valence-electron chi connectivity index (χ1n) is 3.55. The van der Waals surface area contributed by atoms with Gasteiger partial charge in [-0.1, -0.05) is 0 Å². The van der Waals surface area contributed by atoms with Crippen molar-refractivity contribution in [3.05, 3.63) is 0 Å². The van der Waals surface area contributed by atoms with Crippen LogP contribution in [-0.2, 0) is 9.59 Å². The third-order valence-corrected chi connectivity index (χ3v) is 1.72. The molecule has 0 saturated carbocycles. The Bertz CT molecular complexity index is 184. The Morgan fingerprint density at radius 3 is 1.58 bits per heavy atom. The van der Waals surface area contributed by atoms with Gasteiger partial charge in [-0.3, -0.25) is 9.59 Å². The van der Waals surface area contributed by atoms with Crippen molar-refractivity contribution in [3.8, 4) is 0 Å². The van der Waals surface area contributed by atoms with Crippen molar-refractivity contribution < 1.29 is 19.8 Å². The maximum absolute atomic E-state index is 10.5. The first-order valence-corrected chi connectivity index (χ1v) is 3.55. The number of piperazine rings is 1. The Morgan fingerprint density at radius 2 is 1.33 bits per heavy atom. The molecular formula is C6H10N2O4. The van der Waals surface area contributed by atoms with Gasteiger partial charge in [-0.25, -0.2) is 0 Å². The highest BCUT2D eigenvalue weighted by Gasteiger charge is 2.35. The van der Waals surface area contributed by atoms with Gasteiger partial charge >= 0.3 is 11.9 Å². The predicted molar refractivity (Wildman–Crippen MR) is 38.9 cm³/mol. The number of aliphatic carboxylic acids is 2. The number of hydrogen-bond donors (Lipinski definition) is 4. The van der Waals surface area contributed by atoms with E-state index in [0.29, 0.717) is 13.1 Å². The summed E-state index contributed by atoms with van der Waals surface area (Å²) in [4.78, 5) is 21.0. The Morgan fingerprint density at radius 1 is 1.00 bits per heavy atom. The van der Waals surface area contributed by atoms with E-state index in [1.54, 1.807) is 0 Å². The van der Waals surface area contributed by atoms with Gasteiger partial charge in [0.1, 0.15) is 12.1 Å². The van der Waals surface area contributed by atoms with Crippen molar-refractivity contribution in [1.82, 2.24) is 10.6 Å². The average Bonchev–Trinajstić information content (AvgIpc) is 2.04. The fourth-order valence-corrected chi connectivity index (χ4v) is 1.15. The van der Waals surface area contributed by atoms with Crippen LogP contribution >= 0.6 is 0 Å². The Kier molecular flexibility index (Phi) is 2.61. The highest BCUT2D eigenvalue weighted by atomic mass is 16.4. The van der Waals surface area contributed by atoms with Crippen LogP contribution in [0.25, 0.3) is 0 Å². The van der Waals surface area contributed by atoms with Crippen molar-refractivity contribution in [2.45, 2.75) is 12.1 Å². The molecule has 68 valence electrons. The molecule has 0 spiro atoms. The minimum Gasteiger partial charge on any atom is -0.480 e. The van der Waals surface area contributed by atoms with Crippen LogP contribution in [0, 0.1) is 0 Å². The summed E-state index contributed by atoms with van der Waals surface area (Å²) in [5.41, 5.74) is 0. The van der Waals surface area contributed by atoms with Gasteiger partial charge in [0.05, 0.1) is 0 Å². The number of hydrogen-bond acceptors (Lipinski definition) is 4. The minimum absolute atomic E-state index is 0.473. The van der Waals surface area contributed by atoms with Crippen molar-refractivity contribution in [1.29, 1.82) is 0 Å². The van der Waals surface area contributed by atoms with Crippen LogP contribution < -0.4 is 10.6 Å². The maximum atomic E-state index is 10.5. The lowest BCUT2D eigenvalue weighted by molar-refractivity contribution is -0.149. The molecule has 1 fully saturated rings. The second-order valence-corrected chi connectivity index (χ2v) is 2.54. The van der Waals surface area contributed by atoms with E-state index in [4.69, 9.17) is 10.2 Å². The Hall–Kier alpha value is -1.14. The molecule has 0 aromatic rings. The average molecular weight is 174 g/mol. The van der Waals surface area contributed by atoms with Gasteiger partial charge in [-0.05, 0) is 0 Å². The lowest BCUT2D eigenvalue weighted by atomic mass is 10.1. The van der Waals surface area contributed by atoms with Crippen molar-refractivity contribution in [2.24, 2.45) is 0 Å². The lowest BCUT2D eigenvalue weighted by Crippen LogP contribution is -2.62. The van der Waals surface area contributed by atoms with Crippen LogP contribution in [0.15, 0.2) is 0 Å². The van der Waals surface area contributed by atoms with Crippen molar-refractivity contribution in [2.75, 3.05) is 13.1 Å². The predicted octanol–water partition coefficient (Wildman–Crippen LogP) is -1.91. The molecule has 6 nitrogen and oxygen atoms in total. The molecule has 1 heterocycles. The van der Waals surface area contributed by atoms with E-state index in [9.17, 15) is 9.59 Å². The Labute approximate surface area is 68.6 Å². The third kappa shape index (κ3) is 1.72. The smallest absolute Gasteiger partial charge is 0.322 e. The number of carboxylic acids is 2. The summed E-state index contributed by atoms with van der Waals surface area (Å²) in [6.45, 7) is 0.946. The molecule has 0 amide bonds. The molecule has 0 aromatic carbocycles. The number of carboxylic acid groups (broad SMARTS) is 2. The lowest BCUT2D eigenvalue weighted by Gasteiger charge is -2.27. The van der Waals surface area contributed by atoms with Crippen LogP contribution in [-0.4, -0.2) is 47.3 Å². The molecule has 1 aliphatic heterocycles. The normalized spacial score (nSPS) is 29.7. The fourth-order valence-electron chi connectivity index (χ4n) is 1.15. The van der Waals surface area contributed by atoms with Gasteiger partial charge in [-0.15, -0.1) is 0 Å². The molecule has 2 unspecified atom stereocenters. The summed E-state index contributed by atoms with van der Waals surface area (Å²) >= 11 is 0. The molecular weight excluding hydrogens is 164 g/mol. The van der Waals surface area contributed by atoms with E-state index in [1.165, 1.54) is 0 Å². The van der Waals surface area contributed by atoms with Crippen molar-refractivity contribution in [3.63, 3.8) is 0 Å². The second-order valence-electron chi connectivity index (χ2n) is 2.54. The molecule has 2 atom stereocenters. The van der Waals surface area contributed by atoms with E-state index in [2.05, 4.69) is 10.6 Å². The topological polar surface area (TPSA) is 98.7 Å². The quantitative estimate of drug-likeness (QED) is 0.390. The van der Waals surface area contributed by atoms with Gasteiger partial charge in [0.25, 0.3) is 0 Å².